The van der Waals surface area contributed by atoms with E-state index in [0.717, 1.165) is 35.2 Å². The highest BCUT2D eigenvalue weighted by molar-refractivity contribution is 5.96. The van der Waals surface area contributed by atoms with Crippen molar-refractivity contribution in [2.45, 2.75) is 19.8 Å². The van der Waals surface area contributed by atoms with E-state index in [9.17, 15) is 4.79 Å². The van der Waals surface area contributed by atoms with Crippen molar-refractivity contribution in [1.29, 1.82) is 0 Å². The summed E-state index contributed by atoms with van der Waals surface area (Å²) >= 11 is 0. The third-order valence-electron chi connectivity index (χ3n) is 4.47. The number of amides is 1. The molecule has 0 radical (unpaired) electrons. The summed E-state index contributed by atoms with van der Waals surface area (Å²) in [5.41, 5.74) is 3.98. The monoisotopic (exact) mass is 412 g/mol. The zero-order chi connectivity index (χ0) is 21.9. The summed E-state index contributed by atoms with van der Waals surface area (Å²) in [6.45, 7) is 6.35. The minimum Gasteiger partial charge on any atom is -0.352 e. The summed E-state index contributed by atoms with van der Waals surface area (Å²) in [5.74, 6) is 6.09. The van der Waals surface area contributed by atoms with Gasteiger partial charge >= 0.3 is 0 Å². The van der Waals surface area contributed by atoms with Crippen LogP contribution in [0.2, 0.25) is 0 Å². The number of rotatable bonds is 8. The molecule has 0 saturated heterocycles. The Morgan fingerprint density at radius 3 is 2.71 bits per heavy atom. The fraction of sp³-hybridized carbons (Fsp3) is 0.167. The maximum atomic E-state index is 12.3. The number of benzene rings is 1. The Morgan fingerprint density at radius 1 is 1.23 bits per heavy atom. The molecular weight excluding hydrogens is 388 g/mol. The number of aromatic amines is 1. The number of aryl methyl sites for hydroxylation is 1. The zero-order valence-corrected chi connectivity index (χ0v) is 17.4. The Balaban J connectivity index is 1.64. The molecule has 156 valence electrons. The van der Waals surface area contributed by atoms with Gasteiger partial charge in [-0.3, -0.25) is 14.5 Å². The second kappa shape index (κ2) is 11.1. The van der Waals surface area contributed by atoms with Gasteiger partial charge in [0.1, 0.15) is 12.7 Å². The number of H-pyrrole nitrogens is 1. The topological polar surface area (TPSA) is 88.5 Å². The number of hydrogen-bond donors (Lipinski definition) is 2. The maximum Gasteiger partial charge on any atom is 0.250 e. The van der Waals surface area contributed by atoms with Crippen LogP contribution in [0, 0.1) is 11.8 Å². The lowest BCUT2D eigenvalue weighted by atomic mass is 10.1. The van der Waals surface area contributed by atoms with E-state index in [1.807, 2.05) is 43.5 Å². The summed E-state index contributed by atoms with van der Waals surface area (Å²) in [6.07, 6.45) is 12.0. The van der Waals surface area contributed by atoms with Crippen LogP contribution in [0.25, 0.3) is 5.70 Å². The number of aromatic nitrogens is 5. The van der Waals surface area contributed by atoms with Gasteiger partial charge in [0.15, 0.2) is 0 Å². The first-order valence-corrected chi connectivity index (χ1v) is 9.89. The molecule has 0 aliphatic carbocycles. The highest BCUT2D eigenvalue weighted by Crippen LogP contribution is 2.13. The van der Waals surface area contributed by atoms with Crippen LogP contribution in [-0.2, 0) is 11.2 Å². The molecule has 2 heterocycles. The van der Waals surface area contributed by atoms with Crippen molar-refractivity contribution in [3.8, 4) is 11.8 Å². The molecule has 3 rings (SSSR count). The summed E-state index contributed by atoms with van der Waals surface area (Å²) in [7, 11) is 0. The standard InChI is InChI=1S/C24H24N6O/c1-19(10-12-21-7-4-3-5-8-21)23(30-17-28-29-18-30)13-11-20(2)24(31)25-14-6-9-22-15-26-27-16-22/h3-5,7-8,11,13,15-18H,2,6,9,14H2,1H3,(H,25,31)(H,26,27)/b13-11-,23-19-. The first-order chi connectivity index (χ1) is 15.1. The Hall–Kier alpha value is -4.18. The van der Waals surface area contributed by atoms with E-state index in [4.69, 9.17) is 0 Å². The number of hydrogen-bond acceptors (Lipinski definition) is 4. The molecule has 7 nitrogen and oxygen atoms in total. The van der Waals surface area contributed by atoms with Crippen LogP contribution in [0.1, 0.15) is 24.5 Å². The van der Waals surface area contributed by atoms with Gasteiger partial charge in [0.2, 0.25) is 0 Å². The van der Waals surface area contributed by atoms with E-state index >= 15 is 0 Å². The van der Waals surface area contributed by atoms with Crippen molar-refractivity contribution < 1.29 is 4.79 Å². The molecule has 1 aromatic carbocycles. The van der Waals surface area contributed by atoms with E-state index in [2.05, 4.69) is 44.1 Å². The van der Waals surface area contributed by atoms with Crippen molar-refractivity contribution in [2.75, 3.05) is 6.54 Å². The third kappa shape index (κ3) is 6.68. The van der Waals surface area contributed by atoms with Gasteiger partial charge in [0, 0.05) is 29.5 Å². The minimum atomic E-state index is -0.209. The van der Waals surface area contributed by atoms with E-state index in [-0.39, 0.29) is 5.91 Å². The highest BCUT2D eigenvalue weighted by Gasteiger charge is 2.06. The van der Waals surface area contributed by atoms with E-state index in [1.165, 1.54) is 0 Å². The lowest BCUT2D eigenvalue weighted by Crippen LogP contribution is -2.25. The molecule has 0 aliphatic heterocycles. The van der Waals surface area contributed by atoms with Crippen LogP contribution in [-0.4, -0.2) is 37.4 Å². The molecule has 0 spiro atoms. The first-order valence-electron chi connectivity index (χ1n) is 9.89. The van der Waals surface area contributed by atoms with Crippen LogP contribution >= 0.6 is 0 Å². The number of allylic oxidation sites excluding steroid dienone is 3. The van der Waals surface area contributed by atoms with Gasteiger partial charge in [-0.25, -0.2) is 0 Å². The minimum absolute atomic E-state index is 0.209. The Labute approximate surface area is 181 Å². The quantitative estimate of drug-likeness (QED) is 0.257. The molecule has 0 bridgehead atoms. The number of carbonyl (C=O) groups excluding carboxylic acids is 1. The number of nitrogens with one attached hydrogen (secondary N) is 2. The zero-order valence-electron chi connectivity index (χ0n) is 17.4. The summed E-state index contributed by atoms with van der Waals surface area (Å²) in [5, 5.41) is 17.3. The van der Waals surface area contributed by atoms with Crippen LogP contribution < -0.4 is 5.32 Å². The van der Waals surface area contributed by atoms with Crippen molar-refractivity contribution in [2.24, 2.45) is 0 Å². The first kappa shape index (κ1) is 21.5. The molecule has 7 heteroatoms. The third-order valence-corrected chi connectivity index (χ3v) is 4.47. The molecule has 1 amide bonds. The van der Waals surface area contributed by atoms with Crippen LogP contribution in [0.4, 0.5) is 0 Å². The van der Waals surface area contributed by atoms with Gasteiger partial charge in [-0.2, -0.15) is 5.10 Å². The normalized spacial score (nSPS) is 11.5. The number of carbonyl (C=O) groups is 1. The second-order valence-electron chi connectivity index (χ2n) is 6.82. The molecule has 2 aromatic heterocycles. The molecule has 0 atom stereocenters. The smallest absolute Gasteiger partial charge is 0.250 e. The fourth-order valence-electron chi connectivity index (χ4n) is 2.76. The fourth-order valence-corrected chi connectivity index (χ4v) is 2.76. The summed E-state index contributed by atoms with van der Waals surface area (Å²) < 4.78 is 1.75. The lowest BCUT2D eigenvalue weighted by molar-refractivity contribution is -0.117. The molecule has 2 N–H and O–H groups in total. The van der Waals surface area contributed by atoms with Crippen molar-refractivity contribution in [3.05, 3.63) is 96.4 Å². The second-order valence-corrected chi connectivity index (χ2v) is 6.82. The Bertz CT molecular complexity index is 1110. The summed E-state index contributed by atoms with van der Waals surface area (Å²) in [6, 6.07) is 9.75. The largest absolute Gasteiger partial charge is 0.352 e. The van der Waals surface area contributed by atoms with Gasteiger partial charge in [0.05, 0.1) is 11.9 Å². The molecule has 0 saturated carbocycles. The molecule has 31 heavy (non-hydrogen) atoms. The average molecular weight is 412 g/mol. The van der Waals surface area contributed by atoms with Gasteiger partial charge < -0.3 is 5.32 Å². The molecule has 0 aliphatic rings. The maximum absolute atomic E-state index is 12.3. The molecule has 3 aromatic rings. The van der Waals surface area contributed by atoms with Crippen LogP contribution in [0.5, 0.6) is 0 Å². The van der Waals surface area contributed by atoms with Gasteiger partial charge in [-0.1, -0.05) is 36.6 Å². The van der Waals surface area contributed by atoms with Gasteiger partial charge in [0.25, 0.3) is 5.91 Å². The van der Waals surface area contributed by atoms with E-state index < -0.39 is 0 Å². The molecule has 0 unspecified atom stereocenters. The number of nitrogens with zero attached hydrogens (tertiary/aromatic N) is 4. The van der Waals surface area contributed by atoms with Crippen LogP contribution in [0.3, 0.4) is 0 Å². The SMILES string of the molecule is C=C(/C=C\C(=C(/C)C#Cc1ccccc1)n1cnnc1)C(=O)NCCCc1cn[nH]c1. The predicted molar refractivity (Wildman–Crippen MR) is 120 cm³/mol. The molecule has 0 fully saturated rings. The van der Waals surface area contributed by atoms with Crippen molar-refractivity contribution in [3.63, 3.8) is 0 Å². The highest BCUT2D eigenvalue weighted by atomic mass is 16.1. The van der Waals surface area contributed by atoms with Crippen molar-refractivity contribution in [1.82, 2.24) is 30.3 Å². The Morgan fingerprint density at radius 2 is 2.00 bits per heavy atom. The van der Waals surface area contributed by atoms with Gasteiger partial charge in [-0.05, 0) is 49.6 Å². The predicted octanol–water partition coefficient (Wildman–Crippen LogP) is 3.15. The van der Waals surface area contributed by atoms with E-state index in [0.29, 0.717) is 12.1 Å². The van der Waals surface area contributed by atoms with Crippen molar-refractivity contribution >= 4 is 11.6 Å². The van der Waals surface area contributed by atoms with Gasteiger partial charge in [-0.15, -0.1) is 10.2 Å². The van der Waals surface area contributed by atoms with Crippen LogP contribution in [0.15, 0.2) is 85.3 Å². The lowest BCUT2D eigenvalue weighted by Gasteiger charge is -2.06. The summed E-state index contributed by atoms with van der Waals surface area (Å²) in [4.78, 5) is 12.3. The Kier molecular flexibility index (Phi) is 7.72. The average Bonchev–Trinajstić information content (AvgIpc) is 3.50. The molecular formula is C24H24N6O. The van der Waals surface area contributed by atoms with E-state index in [1.54, 1.807) is 35.6 Å².